The Balaban J connectivity index is 1.48. The van der Waals surface area contributed by atoms with Crippen LogP contribution in [0.3, 0.4) is 0 Å². The molecule has 3 aliphatic heterocycles. The number of anilines is 3. The molecular weight excluding hydrogens is 472 g/mol. The smallest absolute Gasteiger partial charge is 0.409 e. The SMILES string of the molecule is COC(=O)N1CC[C@H]2[C@H](C1)C(O)=C(C(=O)Nc1ccccc1)C(=O)N2c1ccc(N2CCCCC2)cc1. The van der Waals surface area contributed by atoms with Crippen molar-refractivity contribution in [1.82, 2.24) is 4.90 Å². The first-order chi connectivity index (χ1) is 18.0. The van der Waals surface area contributed by atoms with Crippen molar-refractivity contribution < 1.29 is 24.2 Å². The van der Waals surface area contributed by atoms with Gasteiger partial charge in [-0.15, -0.1) is 0 Å². The van der Waals surface area contributed by atoms with Crippen LogP contribution in [-0.4, -0.2) is 67.2 Å². The van der Waals surface area contributed by atoms with Gasteiger partial charge in [-0.2, -0.15) is 0 Å². The summed E-state index contributed by atoms with van der Waals surface area (Å²) in [6, 6.07) is 16.2. The molecule has 0 radical (unpaired) electrons. The molecule has 3 aliphatic rings. The Morgan fingerprint density at radius 3 is 2.30 bits per heavy atom. The first-order valence-corrected chi connectivity index (χ1v) is 12.8. The molecule has 37 heavy (non-hydrogen) atoms. The Morgan fingerprint density at radius 2 is 1.62 bits per heavy atom. The topological polar surface area (TPSA) is 102 Å². The van der Waals surface area contributed by atoms with Gasteiger partial charge in [-0.25, -0.2) is 4.79 Å². The van der Waals surface area contributed by atoms with E-state index in [1.165, 1.54) is 18.4 Å². The number of carbonyl (C=O) groups excluding carboxylic acids is 3. The first-order valence-electron chi connectivity index (χ1n) is 12.8. The van der Waals surface area contributed by atoms with E-state index < -0.39 is 29.9 Å². The molecule has 5 rings (SSSR count). The van der Waals surface area contributed by atoms with Gasteiger partial charge < -0.3 is 29.9 Å². The number of nitrogens with one attached hydrogen (secondary N) is 1. The Hall–Kier alpha value is -4.01. The maximum atomic E-state index is 13.8. The van der Waals surface area contributed by atoms with Crippen LogP contribution in [0.4, 0.5) is 21.9 Å². The number of aliphatic hydroxyl groups is 1. The molecule has 9 nitrogen and oxygen atoms in total. The van der Waals surface area contributed by atoms with E-state index in [0.29, 0.717) is 24.3 Å². The second-order valence-electron chi connectivity index (χ2n) is 9.70. The number of rotatable bonds is 4. The van der Waals surface area contributed by atoms with Crippen LogP contribution < -0.4 is 15.1 Å². The fraction of sp³-hybridized carbons (Fsp3) is 0.393. The number of amides is 3. The summed E-state index contributed by atoms with van der Waals surface area (Å²) < 4.78 is 4.89. The van der Waals surface area contributed by atoms with Crippen molar-refractivity contribution in [2.24, 2.45) is 5.92 Å². The number of hydrogen-bond donors (Lipinski definition) is 2. The average Bonchev–Trinajstić information content (AvgIpc) is 2.94. The molecule has 0 saturated carbocycles. The fourth-order valence-electron chi connectivity index (χ4n) is 5.59. The van der Waals surface area contributed by atoms with Gasteiger partial charge in [0.2, 0.25) is 0 Å². The molecule has 194 valence electrons. The van der Waals surface area contributed by atoms with Gasteiger partial charge in [0.25, 0.3) is 11.8 Å². The molecule has 2 aromatic rings. The van der Waals surface area contributed by atoms with Crippen molar-refractivity contribution in [3.05, 3.63) is 65.9 Å². The highest BCUT2D eigenvalue weighted by Crippen LogP contribution is 2.38. The molecule has 3 amide bonds. The monoisotopic (exact) mass is 504 g/mol. The second-order valence-corrected chi connectivity index (χ2v) is 9.70. The lowest BCUT2D eigenvalue weighted by Crippen LogP contribution is -2.59. The van der Waals surface area contributed by atoms with E-state index in [-0.39, 0.29) is 17.9 Å². The highest BCUT2D eigenvalue weighted by molar-refractivity contribution is 6.28. The molecule has 3 heterocycles. The molecule has 2 fully saturated rings. The highest BCUT2D eigenvalue weighted by atomic mass is 16.5. The third-order valence-corrected chi connectivity index (χ3v) is 7.49. The second kappa shape index (κ2) is 10.5. The number of benzene rings is 2. The molecular formula is C28H32N4O5. The molecule has 9 heteroatoms. The van der Waals surface area contributed by atoms with E-state index in [4.69, 9.17) is 4.74 Å². The minimum atomic E-state index is -0.683. The zero-order valence-corrected chi connectivity index (χ0v) is 20.9. The van der Waals surface area contributed by atoms with Crippen LogP contribution in [0.25, 0.3) is 0 Å². The third kappa shape index (κ3) is 4.85. The maximum Gasteiger partial charge on any atom is 0.409 e. The van der Waals surface area contributed by atoms with Crippen LogP contribution >= 0.6 is 0 Å². The summed E-state index contributed by atoms with van der Waals surface area (Å²) in [5.74, 6) is -2.15. The van der Waals surface area contributed by atoms with Crippen LogP contribution in [0.1, 0.15) is 25.7 Å². The number of methoxy groups -OCH3 is 1. The summed E-state index contributed by atoms with van der Waals surface area (Å²) in [7, 11) is 1.31. The van der Waals surface area contributed by atoms with Gasteiger partial charge in [0.1, 0.15) is 11.3 Å². The molecule has 0 spiro atoms. The van der Waals surface area contributed by atoms with E-state index in [0.717, 1.165) is 31.6 Å². The summed E-state index contributed by atoms with van der Waals surface area (Å²) in [6.45, 7) is 2.54. The predicted molar refractivity (Wildman–Crippen MR) is 141 cm³/mol. The van der Waals surface area contributed by atoms with Crippen LogP contribution in [0.5, 0.6) is 0 Å². The Labute approximate surface area is 216 Å². The van der Waals surface area contributed by atoms with E-state index in [1.807, 2.05) is 30.3 Å². The van der Waals surface area contributed by atoms with E-state index in [2.05, 4.69) is 10.2 Å². The molecule has 2 aromatic carbocycles. The van der Waals surface area contributed by atoms with Crippen molar-refractivity contribution in [2.45, 2.75) is 31.7 Å². The van der Waals surface area contributed by atoms with Crippen molar-refractivity contribution in [3.8, 4) is 0 Å². The zero-order chi connectivity index (χ0) is 25.9. The van der Waals surface area contributed by atoms with Gasteiger partial charge in [0, 0.05) is 43.2 Å². The van der Waals surface area contributed by atoms with E-state index >= 15 is 0 Å². The predicted octanol–water partition coefficient (Wildman–Crippen LogP) is 3.93. The van der Waals surface area contributed by atoms with Crippen molar-refractivity contribution in [1.29, 1.82) is 0 Å². The summed E-state index contributed by atoms with van der Waals surface area (Å²) in [6.07, 6.45) is 3.51. The Bertz CT molecular complexity index is 1190. The summed E-state index contributed by atoms with van der Waals surface area (Å²) in [5.41, 5.74) is 1.96. The van der Waals surface area contributed by atoms with Gasteiger partial charge in [-0.1, -0.05) is 18.2 Å². The molecule has 2 N–H and O–H groups in total. The zero-order valence-electron chi connectivity index (χ0n) is 20.9. The lowest BCUT2D eigenvalue weighted by atomic mass is 9.82. The maximum absolute atomic E-state index is 13.8. The van der Waals surface area contributed by atoms with Crippen LogP contribution in [0, 0.1) is 5.92 Å². The van der Waals surface area contributed by atoms with Crippen LogP contribution in [-0.2, 0) is 14.3 Å². The van der Waals surface area contributed by atoms with Crippen molar-refractivity contribution in [3.63, 3.8) is 0 Å². The minimum Gasteiger partial charge on any atom is -0.511 e. The van der Waals surface area contributed by atoms with Gasteiger partial charge >= 0.3 is 6.09 Å². The lowest BCUT2D eigenvalue weighted by molar-refractivity contribution is -0.121. The number of para-hydroxylation sites is 1. The summed E-state index contributed by atoms with van der Waals surface area (Å²) in [5, 5.41) is 13.9. The number of carbonyl (C=O) groups is 3. The van der Waals surface area contributed by atoms with E-state index in [1.54, 1.807) is 29.2 Å². The fourth-order valence-corrected chi connectivity index (χ4v) is 5.59. The van der Waals surface area contributed by atoms with Crippen molar-refractivity contribution >= 4 is 35.0 Å². The van der Waals surface area contributed by atoms with Crippen LogP contribution in [0.15, 0.2) is 65.9 Å². The number of ether oxygens (including phenoxy) is 1. The standard InChI is InChI=1S/C28H32N4O5/c1-37-28(36)31-17-14-23-22(18-31)25(33)24(26(34)29-19-8-4-2-5-9-19)27(35)32(23)21-12-10-20(11-13-21)30-15-6-3-7-16-30/h2,4-5,8-13,22-23,33H,3,6-7,14-18H2,1H3,(H,29,34)/t22-,23-/m0/s1. The summed E-state index contributed by atoms with van der Waals surface area (Å²) in [4.78, 5) is 44.8. The Morgan fingerprint density at radius 1 is 0.946 bits per heavy atom. The largest absolute Gasteiger partial charge is 0.511 e. The normalized spacial score (nSPS) is 22.0. The van der Waals surface area contributed by atoms with Gasteiger partial charge in [-0.3, -0.25) is 9.59 Å². The number of piperidine rings is 2. The number of hydrogen-bond acceptors (Lipinski definition) is 6. The number of nitrogens with zero attached hydrogens (tertiary/aromatic N) is 3. The third-order valence-electron chi connectivity index (χ3n) is 7.49. The molecule has 0 bridgehead atoms. The molecule has 2 saturated heterocycles. The van der Waals surface area contributed by atoms with Gasteiger partial charge in [-0.05, 0) is 62.1 Å². The number of likely N-dealkylation sites (tertiary alicyclic amines) is 1. The van der Waals surface area contributed by atoms with Gasteiger partial charge in [0.05, 0.1) is 19.1 Å². The quantitative estimate of drug-likeness (QED) is 0.612. The first kappa shape index (κ1) is 24.7. The van der Waals surface area contributed by atoms with E-state index in [9.17, 15) is 19.5 Å². The van der Waals surface area contributed by atoms with Crippen LogP contribution in [0.2, 0.25) is 0 Å². The molecule has 0 aromatic heterocycles. The van der Waals surface area contributed by atoms with Gasteiger partial charge in [0.15, 0.2) is 0 Å². The minimum absolute atomic E-state index is 0.140. The Kier molecular flexibility index (Phi) is 7.03. The lowest BCUT2D eigenvalue weighted by Gasteiger charge is -2.46. The molecule has 0 aliphatic carbocycles. The summed E-state index contributed by atoms with van der Waals surface area (Å²) >= 11 is 0. The number of aliphatic hydroxyl groups excluding tert-OH is 1. The van der Waals surface area contributed by atoms with Crippen molar-refractivity contribution in [2.75, 3.05) is 48.4 Å². The highest BCUT2D eigenvalue weighted by Gasteiger charge is 2.48. The molecule has 2 atom stereocenters. The average molecular weight is 505 g/mol. The number of fused-ring (bicyclic) bond motifs is 1. The molecule has 0 unspecified atom stereocenters.